The number of aryl methyl sites for hydroxylation is 1. The molecule has 3 aliphatic heterocycles. The monoisotopic (exact) mass is 446 g/mol. The number of rotatable bonds is 5. The van der Waals surface area contributed by atoms with Gasteiger partial charge in [-0.2, -0.15) is 0 Å². The molecule has 3 heterocycles. The topological polar surface area (TPSA) is 122 Å². The van der Waals surface area contributed by atoms with Crippen LogP contribution in [-0.2, 0) is 31.1 Å². The molecule has 2 aromatic carbocycles. The molecule has 8 nitrogen and oxygen atoms in total. The van der Waals surface area contributed by atoms with Crippen molar-refractivity contribution in [2.75, 3.05) is 11.9 Å². The second-order valence-electron chi connectivity index (χ2n) is 9.18. The van der Waals surface area contributed by atoms with E-state index in [-0.39, 0.29) is 30.7 Å². The minimum atomic E-state index is -1.41. The maximum Gasteiger partial charge on any atom is 0.250 e. The molecule has 170 valence electrons. The third kappa shape index (κ3) is 3.01. The first-order chi connectivity index (χ1) is 15.8. The number of likely N-dealkylation sites (tertiary alicyclic amines) is 1. The van der Waals surface area contributed by atoms with Crippen LogP contribution in [0.25, 0.3) is 0 Å². The highest BCUT2D eigenvalue weighted by atomic mass is 16.2. The van der Waals surface area contributed by atoms with Crippen LogP contribution in [0.3, 0.4) is 0 Å². The first-order valence-electron chi connectivity index (χ1n) is 11.1. The SMILES string of the molecule is Cc1ccc2c(c1C)NC(=O)[C@@]21N[C@H](CC(N)=O)[C@H]2C(=O)N(CCc3ccccc3)C(=O)[C@H]21. The average molecular weight is 447 g/mol. The number of benzene rings is 2. The fourth-order valence-electron chi connectivity index (χ4n) is 5.68. The third-order valence-electron chi connectivity index (χ3n) is 7.40. The number of nitrogens with zero attached hydrogens (tertiary/aromatic N) is 1. The summed E-state index contributed by atoms with van der Waals surface area (Å²) in [5, 5.41) is 6.16. The van der Waals surface area contributed by atoms with Crippen molar-refractivity contribution in [1.29, 1.82) is 0 Å². The van der Waals surface area contributed by atoms with E-state index in [2.05, 4.69) is 10.6 Å². The van der Waals surface area contributed by atoms with Gasteiger partial charge in [-0.25, -0.2) is 0 Å². The number of hydrogen-bond acceptors (Lipinski definition) is 5. The van der Waals surface area contributed by atoms with Gasteiger partial charge in [0.1, 0.15) is 5.54 Å². The number of primary amides is 1. The molecule has 0 bridgehead atoms. The van der Waals surface area contributed by atoms with Crippen LogP contribution in [-0.4, -0.2) is 41.1 Å². The molecule has 0 aromatic heterocycles. The summed E-state index contributed by atoms with van der Waals surface area (Å²) in [7, 11) is 0. The van der Waals surface area contributed by atoms with Crippen molar-refractivity contribution >= 4 is 29.3 Å². The van der Waals surface area contributed by atoms with Crippen LogP contribution in [0.4, 0.5) is 5.69 Å². The van der Waals surface area contributed by atoms with Gasteiger partial charge < -0.3 is 11.1 Å². The number of carbonyl (C=O) groups excluding carboxylic acids is 4. The lowest BCUT2D eigenvalue weighted by atomic mass is 9.76. The number of nitrogens with two attached hydrogens (primary N) is 1. The summed E-state index contributed by atoms with van der Waals surface area (Å²) in [4.78, 5) is 53.7. The van der Waals surface area contributed by atoms with Crippen LogP contribution in [0.15, 0.2) is 42.5 Å². The van der Waals surface area contributed by atoms with Crippen molar-refractivity contribution in [2.24, 2.45) is 17.6 Å². The van der Waals surface area contributed by atoms with E-state index >= 15 is 0 Å². The molecule has 5 rings (SSSR count). The Labute approximate surface area is 191 Å². The van der Waals surface area contributed by atoms with E-state index < -0.39 is 29.3 Å². The Morgan fingerprint density at radius 2 is 1.79 bits per heavy atom. The van der Waals surface area contributed by atoms with Crippen molar-refractivity contribution in [3.8, 4) is 0 Å². The lowest BCUT2D eigenvalue weighted by molar-refractivity contribution is -0.142. The molecule has 8 heteroatoms. The summed E-state index contributed by atoms with van der Waals surface area (Å²) < 4.78 is 0. The minimum Gasteiger partial charge on any atom is -0.370 e. The van der Waals surface area contributed by atoms with Crippen LogP contribution >= 0.6 is 0 Å². The lowest BCUT2D eigenvalue weighted by Crippen LogP contribution is -2.53. The summed E-state index contributed by atoms with van der Waals surface area (Å²) in [5.74, 6) is -3.49. The molecule has 4 amide bonds. The highest BCUT2D eigenvalue weighted by molar-refractivity contribution is 6.15. The van der Waals surface area contributed by atoms with Crippen molar-refractivity contribution in [3.05, 3.63) is 64.7 Å². The van der Waals surface area contributed by atoms with Crippen molar-refractivity contribution in [1.82, 2.24) is 10.2 Å². The highest BCUT2D eigenvalue weighted by Crippen LogP contribution is 2.54. The Morgan fingerprint density at radius 3 is 2.48 bits per heavy atom. The predicted molar refractivity (Wildman–Crippen MR) is 121 cm³/mol. The number of amides is 4. The van der Waals surface area contributed by atoms with Gasteiger partial charge in [0.25, 0.3) is 0 Å². The van der Waals surface area contributed by atoms with Gasteiger partial charge in [0.05, 0.1) is 11.8 Å². The molecule has 0 saturated carbocycles. The number of fused-ring (bicyclic) bond motifs is 4. The molecule has 0 aliphatic carbocycles. The summed E-state index contributed by atoms with van der Waals surface area (Å²) in [6, 6.07) is 12.6. The molecule has 2 saturated heterocycles. The van der Waals surface area contributed by atoms with E-state index in [1.54, 1.807) is 0 Å². The zero-order chi connectivity index (χ0) is 23.5. The molecule has 2 aromatic rings. The Balaban J connectivity index is 1.56. The van der Waals surface area contributed by atoms with Gasteiger partial charge in [0.15, 0.2) is 0 Å². The van der Waals surface area contributed by atoms with Gasteiger partial charge in [0.2, 0.25) is 23.6 Å². The third-order valence-corrected chi connectivity index (χ3v) is 7.40. The van der Waals surface area contributed by atoms with Crippen LogP contribution in [0.2, 0.25) is 0 Å². The number of imide groups is 1. The molecule has 4 atom stereocenters. The normalized spacial score (nSPS) is 27.8. The highest BCUT2D eigenvalue weighted by Gasteiger charge is 2.70. The number of hydrogen-bond donors (Lipinski definition) is 3. The van der Waals surface area contributed by atoms with E-state index in [0.29, 0.717) is 17.7 Å². The van der Waals surface area contributed by atoms with Crippen molar-refractivity contribution in [2.45, 2.75) is 38.3 Å². The predicted octanol–water partition coefficient (Wildman–Crippen LogP) is 1.14. The number of nitrogens with one attached hydrogen (secondary N) is 2. The Hall–Kier alpha value is -3.52. The van der Waals surface area contributed by atoms with Crippen LogP contribution in [0.1, 0.15) is 28.7 Å². The minimum absolute atomic E-state index is 0.137. The van der Waals surface area contributed by atoms with Crippen LogP contribution in [0, 0.1) is 25.7 Å². The van der Waals surface area contributed by atoms with E-state index in [1.807, 2.05) is 56.3 Å². The summed E-state index contributed by atoms with van der Waals surface area (Å²) in [5.41, 5.74) is 8.29. The van der Waals surface area contributed by atoms with E-state index in [9.17, 15) is 19.2 Å². The molecule has 2 fully saturated rings. The van der Waals surface area contributed by atoms with E-state index in [0.717, 1.165) is 16.7 Å². The molecule has 4 N–H and O–H groups in total. The van der Waals surface area contributed by atoms with Crippen molar-refractivity contribution < 1.29 is 19.2 Å². The summed E-state index contributed by atoms with van der Waals surface area (Å²) in [6.45, 7) is 4.08. The molecule has 0 unspecified atom stereocenters. The number of carbonyl (C=O) groups is 4. The molecule has 1 spiro atoms. The van der Waals surface area contributed by atoms with E-state index in [4.69, 9.17) is 5.73 Å². The van der Waals surface area contributed by atoms with Gasteiger partial charge in [-0.05, 0) is 37.0 Å². The Bertz CT molecular complexity index is 1190. The van der Waals surface area contributed by atoms with Crippen molar-refractivity contribution in [3.63, 3.8) is 0 Å². The van der Waals surface area contributed by atoms with Gasteiger partial charge in [-0.1, -0.05) is 42.5 Å². The number of anilines is 1. The fraction of sp³-hybridized carbons (Fsp3) is 0.360. The van der Waals surface area contributed by atoms with Gasteiger partial charge in [-0.15, -0.1) is 0 Å². The standard InChI is InChI=1S/C25H26N4O4/c1-13-8-9-16-21(14(13)2)27-24(33)25(16)20-19(17(28-25)12-18(26)30)22(31)29(23(20)32)11-10-15-6-4-3-5-7-15/h3-9,17,19-20,28H,10-12H2,1-2H3,(H2,26,30)(H,27,33)/t17-,19-,20+,25-/m1/s1. The average Bonchev–Trinajstić information content (AvgIpc) is 3.35. The lowest BCUT2D eigenvalue weighted by Gasteiger charge is -2.29. The zero-order valence-electron chi connectivity index (χ0n) is 18.6. The first kappa shape index (κ1) is 21.3. The summed E-state index contributed by atoms with van der Waals surface area (Å²) >= 11 is 0. The second-order valence-corrected chi connectivity index (χ2v) is 9.18. The smallest absolute Gasteiger partial charge is 0.250 e. The Kier molecular flexibility index (Phi) is 4.86. The quantitative estimate of drug-likeness (QED) is 0.595. The Morgan fingerprint density at radius 1 is 1.06 bits per heavy atom. The van der Waals surface area contributed by atoms with Gasteiger partial charge >= 0.3 is 0 Å². The maximum absolute atomic E-state index is 13.7. The van der Waals surface area contributed by atoms with Crippen LogP contribution < -0.4 is 16.4 Å². The summed E-state index contributed by atoms with van der Waals surface area (Å²) in [6.07, 6.45) is 0.377. The largest absolute Gasteiger partial charge is 0.370 e. The maximum atomic E-state index is 13.7. The van der Waals surface area contributed by atoms with Gasteiger partial charge in [-0.3, -0.25) is 29.4 Å². The fourth-order valence-corrected chi connectivity index (χ4v) is 5.68. The molecule has 3 aliphatic rings. The van der Waals surface area contributed by atoms with Crippen LogP contribution in [0.5, 0.6) is 0 Å². The molecule has 33 heavy (non-hydrogen) atoms. The van der Waals surface area contributed by atoms with E-state index in [1.165, 1.54) is 4.90 Å². The second kappa shape index (κ2) is 7.52. The molecule has 0 radical (unpaired) electrons. The first-order valence-corrected chi connectivity index (χ1v) is 11.1. The van der Waals surface area contributed by atoms with Gasteiger partial charge in [0, 0.05) is 30.3 Å². The molecular formula is C25H26N4O4. The zero-order valence-corrected chi connectivity index (χ0v) is 18.6. The molecular weight excluding hydrogens is 420 g/mol.